The molecule has 0 radical (unpaired) electrons. The zero-order valence-corrected chi connectivity index (χ0v) is 9.46. The number of hydrogen-bond acceptors (Lipinski definition) is 4. The number of thiazole rings is 1. The van der Waals surface area contributed by atoms with Gasteiger partial charge in [0.1, 0.15) is 4.88 Å². The van der Waals surface area contributed by atoms with Crippen LogP contribution in [0.25, 0.3) is 0 Å². The summed E-state index contributed by atoms with van der Waals surface area (Å²) >= 11 is 1.41. The summed E-state index contributed by atoms with van der Waals surface area (Å²) in [6, 6.07) is 0. The first-order chi connectivity index (χ1) is 7.16. The maximum atomic E-state index is 11.9. The Labute approximate surface area is 92.6 Å². The Bertz CT molecular complexity index is 364. The lowest BCUT2D eigenvalue weighted by molar-refractivity contribution is 0.0477. The first-order valence-electron chi connectivity index (χ1n) is 5.06. The zero-order chi connectivity index (χ0) is 10.8. The third kappa shape index (κ3) is 2.35. The molecule has 1 saturated heterocycles. The maximum Gasteiger partial charge on any atom is 0.265 e. The van der Waals surface area contributed by atoms with Crippen LogP contribution >= 0.6 is 11.3 Å². The summed E-state index contributed by atoms with van der Waals surface area (Å²) in [5.41, 5.74) is 0. The molecule has 0 aromatic carbocycles. The first-order valence-corrected chi connectivity index (χ1v) is 5.88. The normalized spacial score (nSPS) is 21.7. The molecule has 4 nitrogen and oxygen atoms in total. The lowest BCUT2D eigenvalue weighted by Gasteiger charge is -2.29. The van der Waals surface area contributed by atoms with E-state index in [0.29, 0.717) is 11.4 Å². The Morgan fingerprint density at radius 2 is 2.53 bits per heavy atom. The predicted octanol–water partition coefficient (Wildman–Crippen LogP) is 1.05. The summed E-state index contributed by atoms with van der Waals surface area (Å²) in [6.07, 6.45) is 2.93. The van der Waals surface area contributed by atoms with E-state index in [1.54, 1.807) is 11.1 Å². The SMILES string of the molecule is Cc1ncc(C(=O)N2CCC[C@H](O)C2)s1. The molecule has 1 aromatic heterocycles. The number of aromatic nitrogens is 1. The van der Waals surface area contributed by atoms with Gasteiger partial charge in [-0.05, 0) is 19.8 Å². The molecule has 0 saturated carbocycles. The van der Waals surface area contributed by atoms with E-state index in [4.69, 9.17) is 0 Å². The number of β-amino-alcohol motifs (C(OH)–C–C–N with tert-alkyl or cyclic N) is 1. The van der Waals surface area contributed by atoms with Crippen molar-refractivity contribution in [2.24, 2.45) is 0 Å². The Balaban J connectivity index is 2.07. The average molecular weight is 226 g/mol. The molecular weight excluding hydrogens is 212 g/mol. The molecule has 5 heteroatoms. The number of piperidine rings is 1. The topological polar surface area (TPSA) is 53.4 Å². The van der Waals surface area contributed by atoms with Crippen molar-refractivity contribution in [3.63, 3.8) is 0 Å². The second-order valence-corrected chi connectivity index (χ2v) is 5.03. The molecule has 15 heavy (non-hydrogen) atoms. The average Bonchev–Trinajstić information content (AvgIpc) is 2.64. The number of carbonyl (C=O) groups excluding carboxylic acids is 1. The van der Waals surface area contributed by atoms with Gasteiger partial charge in [0.25, 0.3) is 5.91 Å². The highest BCUT2D eigenvalue weighted by atomic mass is 32.1. The summed E-state index contributed by atoms with van der Waals surface area (Å²) in [5, 5.41) is 10.4. The van der Waals surface area contributed by atoms with Gasteiger partial charge < -0.3 is 10.0 Å². The fourth-order valence-corrected chi connectivity index (χ4v) is 2.50. The Morgan fingerprint density at radius 3 is 3.13 bits per heavy atom. The molecule has 1 fully saturated rings. The number of aliphatic hydroxyl groups is 1. The number of aryl methyl sites for hydroxylation is 1. The zero-order valence-electron chi connectivity index (χ0n) is 8.64. The monoisotopic (exact) mass is 226 g/mol. The maximum absolute atomic E-state index is 11.9. The van der Waals surface area contributed by atoms with Crippen molar-refractivity contribution >= 4 is 17.2 Å². The van der Waals surface area contributed by atoms with Gasteiger partial charge in [-0.1, -0.05) is 0 Å². The molecule has 1 aliphatic rings. The number of nitrogens with zero attached hydrogens (tertiary/aromatic N) is 2. The lowest BCUT2D eigenvalue weighted by Crippen LogP contribution is -2.41. The molecule has 1 atom stereocenters. The van der Waals surface area contributed by atoms with Crippen LogP contribution in [-0.4, -0.2) is 40.1 Å². The summed E-state index contributed by atoms with van der Waals surface area (Å²) in [7, 11) is 0. The molecular formula is C10H14N2O2S. The van der Waals surface area contributed by atoms with E-state index in [-0.39, 0.29) is 12.0 Å². The summed E-state index contributed by atoms with van der Waals surface area (Å²) in [6.45, 7) is 3.08. The summed E-state index contributed by atoms with van der Waals surface area (Å²) in [5.74, 6) is -0.000602. The van der Waals surface area contributed by atoms with Crippen molar-refractivity contribution in [2.45, 2.75) is 25.9 Å². The van der Waals surface area contributed by atoms with Crippen LogP contribution in [0.15, 0.2) is 6.20 Å². The van der Waals surface area contributed by atoms with E-state index in [9.17, 15) is 9.90 Å². The molecule has 0 unspecified atom stereocenters. The lowest BCUT2D eigenvalue weighted by atomic mass is 10.1. The van der Waals surface area contributed by atoms with E-state index in [1.807, 2.05) is 6.92 Å². The predicted molar refractivity (Wildman–Crippen MR) is 58.0 cm³/mol. The number of rotatable bonds is 1. The highest BCUT2D eigenvalue weighted by Crippen LogP contribution is 2.17. The molecule has 1 aromatic rings. The third-order valence-electron chi connectivity index (χ3n) is 2.52. The van der Waals surface area contributed by atoms with Crippen molar-refractivity contribution in [3.8, 4) is 0 Å². The Kier molecular flexibility index (Phi) is 3.02. The van der Waals surface area contributed by atoms with Crippen LogP contribution in [-0.2, 0) is 0 Å². The Hall–Kier alpha value is -0.940. The first kappa shape index (κ1) is 10.6. The van der Waals surface area contributed by atoms with E-state index in [0.717, 1.165) is 24.4 Å². The van der Waals surface area contributed by atoms with Gasteiger partial charge in [0.15, 0.2) is 0 Å². The standard InChI is InChI=1S/C10H14N2O2S/c1-7-11-5-9(15-7)10(14)12-4-2-3-8(13)6-12/h5,8,13H,2-4,6H2,1H3/t8-/m0/s1. The number of carbonyl (C=O) groups is 1. The minimum absolute atomic E-state index is 0.000602. The van der Waals surface area contributed by atoms with Crippen LogP contribution in [0.2, 0.25) is 0 Å². The van der Waals surface area contributed by atoms with E-state index in [1.165, 1.54) is 11.3 Å². The van der Waals surface area contributed by atoms with Crippen molar-refractivity contribution in [1.29, 1.82) is 0 Å². The van der Waals surface area contributed by atoms with Gasteiger partial charge in [0.2, 0.25) is 0 Å². The number of amides is 1. The van der Waals surface area contributed by atoms with Crippen LogP contribution in [0.3, 0.4) is 0 Å². The molecule has 0 bridgehead atoms. The molecule has 0 aliphatic carbocycles. The highest BCUT2D eigenvalue weighted by Gasteiger charge is 2.23. The third-order valence-corrected chi connectivity index (χ3v) is 3.42. The van der Waals surface area contributed by atoms with Crippen molar-refractivity contribution < 1.29 is 9.90 Å². The summed E-state index contributed by atoms with van der Waals surface area (Å²) < 4.78 is 0. The fraction of sp³-hybridized carbons (Fsp3) is 0.600. The van der Waals surface area contributed by atoms with Crippen molar-refractivity contribution in [2.75, 3.05) is 13.1 Å². The van der Waals surface area contributed by atoms with E-state index in [2.05, 4.69) is 4.98 Å². The number of hydrogen-bond donors (Lipinski definition) is 1. The van der Waals surface area contributed by atoms with Gasteiger partial charge in [0, 0.05) is 13.1 Å². The minimum Gasteiger partial charge on any atom is -0.391 e. The molecule has 1 N–H and O–H groups in total. The van der Waals surface area contributed by atoms with E-state index >= 15 is 0 Å². The largest absolute Gasteiger partial charge is 0.391 e. The van der Waals surface area contributed by atoms with Crippen molar-refractivity contribution in [1.82, 2.24) is 9.88 Å². The molecule has 1 amide bonds. The van der Waals surface area contributed by atoms with Crippen molar-refractivity contribution in [3.05, 3.63) is 16.1 Å². The molecule has 2 heterocycles. The van der Waals surface area contributed by atoms with Gasteiger partial charge >= 0.3 is 0 Å². The molecule has 2 rings (SSSR count). The van der Waals surface area contributed by atoms with Gasteiger partial charge in [0.05, 0.1) is 17.3 Å². The fourth-order valence-electron chi connectivity index (χ4n) is 1.76. The van der Waals surface area contributed by atoms with Gasteiger partial charge in [-0.2, -0.15) is 0 Å². The molecule has 82 valence electrons. The Morgan fingerprint density at radius 1 is 1.73 bits per heavy atom. The minimum atomic E-state index is -0.364. The summed E-state index contributed by atoms with van der Waals surface area (Å²) in [4.78, 5) is 18.4. The van der Waals surface area contributed by atoms with Crippen LogP contribution in [0.5, 0.6) is 0 Å². The quantitative estimate of drug-likeness (QED) is 0.778. The van der Waals surface area contributed by atoms with Gasteiger partial charge in [-0.3, -0.25) is 4.79 Å². The van der Waals surface area contributed by atoms with Crippen LogP contribution in [0.1, 0.15) is 27.5 Å². The number of likely N-dealkylation sites (tertiary alicyclic amines) is 1. The second kappa shape index (κ2) is 4.28. The highest BCUT2D eigenvalue weighted by molar-refractivity contribution is 7.13. The number of aliphatic hydroxyl groups excluding tert-OH is 1. The van der Waals surface area contributed by atoms with Gasteiger partial charge in [-0.25, -0.2) is 4.98 Å². The van der Waals surface area contributed by atoms with E-state index < -0.39 is 0 Å². The van der Waals surface area contributed by atoms with Crippen LogP contribution in [0.4, 0.5) is 0 Å². The van der Waals surface area contributed by atoms with Crippen LogP contribution in [0, 0.1) is 6.92 Å². The van der Waals surface area contributed by atoms with Crippen LogP contribution < -0.4 is 0 Å². The molecule has 1 aliphatic heterocycles. The van der Waals surface area contributed by atoms with Gasteiger partial charge in [-0.15, -0.1) is 11.3 Å². The molecule has 0 spiro atoms. The second-order valence-electron chi connectivity index (χ2n) is 3.79. The smallest absolute Gasteiger partial charge is 0.265 e.